The predicted octanol–water partition coefficient (Wildman–Crippen LogP) is -0.249. The molecule has 2 amide bonds. The van der Waals surface area contributed by atoms with Crippen LogP contribution in [0, 0.1) is 0 Å². The molecule has 0 saturated carbocycles. The van der Waals surface area contributed by atoms with Crippen LogP contribution in [-0.2, 0) is 4.79 Å². The Kier molecular flexibility index (Phi) is 4.22. The summed E-state index contributed by atoms with van der Waals surface area (Å²) in [6.07, 6.45) is 0.348. The van der Waals surface area contributed by atoms with E-state index in [1.807, 2.05) is 5.32 Å². The van der Waals surface area contributed by atoms with Crippen molar-refractivity contribution in [1.29, 1.82) is 0 Å². The summed E-state index contributed by atoms with van der Waals surface area (Å²) in [4.78, 5) is 25.7. The molecule has 0 saturated heterocycles. The zero-order chi connectivity index (χ0) is 12.0. The van der Waals surface area contributed by atoms with Crippen molar-refractivity contribution in [2.45, 2.75) is 6.42 Å². The van der Waals surface area contributed by atoms with Gasteiger partial charge < -0.3 is 15.6 Å². The van der Waals surface area contributed by atoms with E-state index in [0.717, 1.165) is 0 Å². The molecule has 16 heavy (non-hydrogen) atoms. The molecule has 86 valence electrons. The average Bonchev–Trinajstić information content (AvgIpc) is 2.21. The molecular weight excluding hydrogens is 214 g/mol. The molecular formula is C9H11N3O4. The fourth-order valence-electron chi connectivity index (χ4n) is 0.882. The van der Waals surface area contributed by atoms with E-state index in [2.05, 4.69) is 9.72 Å². The first-order valence-electron chi connectivity index (χ1n) is 4.49. The van der Waals surface area contributed by atoms with Crippen molar-refractivity contribution in [3.05, 3.63) is 18.3 Å². The van der Waals surface area contributed by atoms with E-state index in [1.165, 1.54) is 18.3 Å². The van der Waals surface area contributed by atoms with Crippen LogP contribution in [0.5, 0.6) is 11.6 Å². The van der Waals surface area contributed by atoms with Crippen LogP contribution < -0.4 is 15.8 Å². The molecule has 0 spiro atoms. The number of carbonyl (C=O) groups excluding carboxylic acids is 2. The monoisotopic (exact) mass is 225 g/mol. The molecule has 0 aliphatic carbocycles. The zero-order valence-electron chi connectivity index (χ0n) is 8.34. The molecule has 4 N–H and O–H groups in total. The van der Waals surface area contributed by atoms with Gasteiger partial charge in [-0.25, -0.2) is 9.78 Å². The fraction of sp³-hybridized carbons (Fsp3) is 0.222. The molecule has 0 unspecified atom stereocenters. The number of nitrogens with zero attached hydrogens (tertiary/aromatic N) is 1. The highest BCUT2D eigenvalue weighted by Gasteiger charge is 2.12. The Hall–Kier alpha value is -2.15. The van der Waals surface area contributed by atoms with E-state index < -0.39 is 12.0 Å². The summed E-state index contributed by atoms with van der Waals surface area (Å²) < 4.78 is 4.59. The lowest BCUT2D eigenvalue weighted by Gasteiger charge is -2.05. The van der Waals surface area contributed by atoms with Gasteiger partial charge in [-0.15, -0.1) is 0 Å². The number of nitrogens with two attached hydrogens (primary N) is 1. The summed E-state index contributed by atoms with van der Waals surface area (Å²) in [5.74, 6) is -1.10. The Morgan fingerprint density at radius 3 is 2.94 bits per heavy atom. The van der Waals surface area contributed by atoms with Crippen molar-refractivity contribution in [1.82, 2.24) is 10.3 Å². The number of nitrogens with one attached hydrogen (secondary N) is 1. The third-order valence-electron chi connectivity index (χ3n) is 1.55. The van der Waals surface area contributed by atoms with Crippen molar-refractivity contribution in [3.63, 3.8) is 0 Å². The van der Waals surface area contributed by atoms with Crippen molar-refractivity contribution >= 4 is 12.0 Å². The van der Waals surface area contributed by atoms with Crippen LogP contribution in [0.1, 0.15) is 6.42 Å². The lowest BCUT2D eigenvalue weighted by Crippen LogP contribution is -2.34. The fourth-order valence-corrected chi connectivity index (χ4v) is 0.882. The van der Waals surface area contributed by atoms with Gasteiger partial charge in [-0.05, 0) is 12.1 Å². The van der Waals surface area contributed by atoms with Gasteiger partial charge in [0.25, 0.3) is 5.88 Å². The number of carbonyl (C=O) groups is 2. The largest absolute Gasteiger partial charge is 0.503 e. The molecule has 1 aromatic rings. The van der Waals surface area contributed by atoms with E-state index in [9.17, 15) is 14.7 Å². The number of rotatable bonds is 3. The van der Waals surface area contributed by atoms with Crippen LogP contribution in [-0.4, -0.2) is 28.6 Å². The lowest BCUT2D eigenvalue weighted by atomic mass is 10.4. The third-order valence-corrected chi connectivity index (χ3v) is 1.55. The highest BCUT2D eigenvalue weighted by atomic mass is 16.6. The normalized spacial score (nSPS) is 9.56. The zero-order valence-corrected chi connectivity index (χ0v) is 8.34. The number of amides is 2. The molecule has 0 aromatic carbocycles. The van der Waals surface area contributed by atoms with Crippen LogP contribution >= 0.6 is 0 Å². The molecule has 0 radical (unpaired) electrons. The summed E-state index contributed by atoms with van der Waals surface area (Å²) >= 11 is 0. The number of ether oxygens (including phenoxy) is 1. The second-order valence-corrected chi connectivity index (χ2v) is 2.80. The molecule has 0 fully saturated rings. The maximum atomic E-state index is 11.1. The Morgan fingerprint density at radius 1 is 1.56 bits per heavy atom. The maximum absolute atomic E-state index is 11.1. The maximum Gasteiger partial charge on any atom is 0.420 e. The van der Waals surface area contributed by atoms with E-state index in [-0.39, 0.29) is 24.6 Å². The van der Waals surface area contributed by atoms with Crippen molar-refractivity contribution in [2.24, 2.45) is 5.73 Å². The van der Waals surface area contributed by atoms with Crippen molar-refractivity contribution in [2.75, 3.05) is 6.54 Å². The van der Waals surface area contributed by atoms with Gasteiger partial charge in [0.1, 0.15) is 0 Å². The van der Waals surface area contributed by atoms with E-state index in [0.29, 0.717) is 0 Å². The second-order valence-electron chi connectivity index (χ2n) is 2.80. The van der Waals surface area contributed by atoms with Crippen molar-refractivity contribution in [3.8, 4) is 11.6 Å². The average molecular weight is 225 g/mol. The van der Waals surface area contributed by atoms with Crippen LogP contribution in [0.4, 0.5) is 4.79 Å². The Balaban J connectivity index is 2.52. The van der Waals surface area contributed by atoms with Crippen LogP contribution in [0.25, 0.3) is 0 Å². The van der Waals surface area contributed by atoms with Crippen LogP contribution in [0.2, 0.25) is 0 Å². The first-order valence-corrected chi connectivity index (χ1v) is 4.49. The third kappa shape index (κ3) is 3.54. The van der Waals surface area contributed by atoms with Gasteiger partial charge in [-0.3, -0.25) is 10.1 Å². The van der Waals surface area contributed by atoms with Gasteiger partial charge in [0.15, 0.2) is 5.75 Å². The van der Waals surface area contributed by atoms with Gasteiger partial charge in [0, 0.05) is 19.2 Å². The van der Waals surface area contributed by atoms with E-state index in [1.54, 1.807) is 0 Å². The topological polar surface area (TPSA) is 115 Å². The number of pyridine rings is 1. The number of aromatic hydroxyl groups is 1. The van der Waals surface area contributed by atoms with Gasteiger partial charge in [0.2, 0.25) is 5.91 Å². The Bertz CT molecular complexity index is 394. The molecule has 0 atom stereocenters. The van der Waals surface area contributed by atoms with E-state index >= 15 is 0 Å². The molecule has 7 heteroatoms. The summed E-state index contributed by atoms with van der Waals surface area (Å²) in [6.45, 7) is 0.133. The minimum atomic E-state index is -1.01. The summed E-state index contributed by atoms with van der Waals surface area (Å²) in [5, 5.41) is 11.1. The Morgan fingerprint density at radius 2 is 2.31 bits per heavy atom. The smallest absolute Gasteiger partial charge is 0.420 e. The highest BCUT2D eigenvalue weighted by molar-refractivity contribution is 5.92. The predicted molar refractivity (Wildman–Crippen MR) is 53.7 cm³/mol. The molecule has 0 aliphatic heterocycles. The first-order chi connectivity index (χ1) is 7.63. The Labute approximate surface area is 91.2 Å². The van der Waals surface area contributed by atoms with Gasteiger partial charge in [-0.2, -0.15) is 0 Å². The number of hydrogen-bond acceptors (Lipinski definition) is 6. The van der Waals surface area contributed by atoms with Crippen molar-refractivity contribution < 1.29 is 19.4 Å². The second kappa shape index (κ2) is 5.66. The van der Waals surface area contributed by atoms with Gasteiger partial charge in [-0.1, -0.05) is 0 Å². The SMILES string of the molecule is NCCC(=O)NC(=O)Oc1ncccc1O. The lowest BCUT2D eigenvalue weighted by molar-refractivity contribution is -0.120. The summed E-state index contributed by atoms with van der Waals surface area (Å²) in [6, 6.07) is 2.77. The molecule has 7 nitrogen and oxygen atoms in total. The van der Waals surface area contributed by atoms with Gasteiger partial charge >= 0.3 is 6.09 Å². The molecule has 0 aliphatic rings. The summed E-state index contributed by atoms with van der Waals surface area (Å²) in [5.41, 5.74) is 5.12. The number of aromatic nitrogens is 1. The summed E-state index contributed by atoms with van der Waals surface area (Å²) in [7, 11) is 0. The molecule has 1 rings (SSSR count). The minimum Gasteiger partial charge on any atom is -0.503 e. The van der Waals surface area contributed by atoms with Crippen LogP contribution in [0.3, 0.4) is 0 Å². The minimum absolute atomic E-state index is 0.0172. The molecule has 1 aromatic heterocycles. The first kappa shape index (κ1) is 11.9. The number of hydrogen-bond donors (Lipinski definition) is 3. The van der Waals surface area contributed by atoms with E-state index in [4.69, 9.17) is 5.73 Å². The van der Waals surface area contributed by atoms with Gasteiger partial charge in [0.05, 0.1) is 0 Å². The standard InChI is InChI=1S/C9H11N3O4/c10-4-3-7(14)12-9(15)16-8-6(13)2-1-5-11-8/h1-2,5,13H,3-4,10H2,(H,12,14,15). The number of imide groups is 1. The van der Waals surface area contributed by atoms with Crippen LogP contribution in [0.15, 0.2) is 18.3 Å². The molecule has 1 heterocycles. The highest BCUT2D eigenvalue weighted by Crippen LogP contribution is 2.20. The molecule has 0 bridgehead atoms. The quantitative estimate of drug-likeness (QED) is 0.653.